The number of fused-ring (bicyclic) bond motifs is 2. The molecule has 4 rings (SSSR count). The SMILES string of the molecule is CCC(=O)N1C2CCC1CN(CCC(c1ccccc1)c1ccccc1)CC2. The van der Waals surface area contributed by atoms with Crippen LogP contribution < -0.4 is 0 Å². The van der Waals surface area contributed by atoms with Crippen LogP contribution in [0.4, 0.5) is 0 Å². The van der Waals surface area contributed by atoms with Crippen molar-refractivity contribution in [1.82, 2.24) is 9.80 Å². The number of carbonyl (C=O) groups excluding carboxylic acids is 1. The Morgan fingerprint density at radius 3 is 2.14 bits per heavy atom. The number of hydrogen-bond acceptors (Lipinski definition) is 2. The predicted molar refractivity (Wildman–Crippen MR) is 114 cm³/mol. The maximum atomic E-state index is 12.4. The van der Waals surface area contributed by atoms with Crippen LogP contribution in [-0.2, 0) is 4.79 Å². The second kappa shape index (κ2) is 8.91. The number of amides is 1. The Balaban J connectivity index is 1.45. The van der Waals surface area contributed by atoms with E-state index in [9.17, 15) is 4.79 Å². The van der Waals surface area contributed by atoms with Crippen molar-refractivity contribution in [2.45, 2.75) is 57.0 Å². The molecule has 2 aliphatic heterocycles. The zero-order valence-electron chi connectivity index (χ0n) is 17.0. The first kappa shape index (κ1) is 19.2. The average Bonchev–Trinajstić information content (AvgIpc) is 3.05. The molecule has 0 saturated carbocycles. The monoisotopic (exact) mass is 376 g/mol. The van der Waals surface area contributed by atoms with Gasteiger partial charge in [-0.15, -0.1) is 0 Å². The smallest absolute Gasteiger partial charge is 0.222 e. The molecule has 1 amide bonds. The van der Waals surface area contributed by atoms with Crippen molar-refractivity contribution in [2.75, 3.05) is 19.6 Å². The zero-order chi connectivity index (χ0) is 19.3. The highest BCUT2D eigenvalue weighted by Gasteiger charge is 2.39. The summed E-state index contributed by atoms with van der Waals surface area (Å²) in [5, 5.41) is 0. The Bertz CT molecular complexity index is 721. The van der Waals surface area contributed by atoms with Gasteiger partial charge in [-0.2, -0.15) is 0 Å². The van der Waals surface area contributed by atoms with Crippen LogP contribution in [0.2, 0.25) is 0 Å². The summed E-state index contributed by atoms with van der Waals surface area (Å²) >= 11 is 0. The summed E-state index contributed by atoms with van der Waals surface area (Å²) in [5.74, 6) is 0.775. The van der Waals surface area contributed by atoms with E-state index in [1.54, 1.807) is 0 Å². The molecule has 2 aromatic carbocycles. The molecule has 2 heterocycles. The van der Waals surface area contributed by atoms with E-state index in [4.69, 9.17) is 0 Å². The molecule has 0 aliphatic carbocycles. The van der Waals surface area contributed by atoms with Crippen molar-refractivity contribution >= 4 is 5.91 Å². The molecule has 0 radical (unpaired) electrons. The first-order valence-electron chi connectivity index (χ1n) is 10.9. The van der Waals surface area contributed by atoms with Gasteiger partial charge in [0.25, 0.3) is 0 Å². The number of rotatable bonds is 6. The summed E-state index contributed by atoms with van der Waals surface area (Å²) in [7, 11) is 0. The largest absolute Gasteiger partial charge is 0.335 e. The summed E-state index contributed by atoms with van der Waals surface area (Å²) in [4.78, 5) is 17.3. The van der Waals surface area contributed by atoms with Gasteiger partial charge in [0.1, 0.15) is 0 Å². The Hall–Kier alpha value is -2.13. The van der Waals surface area contributed by atoms with Gasteiger partial charge in [0, 0.05) is 37.5 Å². The lowest BCUT2D eigenvalue weighted by Crippen LogP contribution is -2.43. The third kappa shape index (κ3) is 4.15. The van der Waals surface area contributed by atoms with E-state index >= 15 is 0 Å². The summed E-state index contributed by atoms with van der Waals surface area (Å²) in [6.45, 7) is 5.24. The van der Waals surface area contributed by atoms with E-state index < -0.39 is 0 Å². The normalized spacial score (nSPS) is 22.4. The summed E-state index contributed by atoms with van der Waals surface area (Å²) in [5.41, 5.74) is 2.79. The van der Waals surface area contributed by atoms with Crippen LogP contribution in [0.5, 0.6) is 0 Å². The molecule has 2 atom stereocenters. The zero-order valence-corrected chi connectivity index (χ0v) is 17.0. The molecule has 0 spiro atoms. The summed E-state index contributed by atoms with van der Waals surface area (Å²) < 4.78 is 0. The Morgan fingerprint density at radius 2 is 1.54 bits per heavy atom. The minimum absolute atomic E-state index is 0.348. The number of carbonyl (C=O) groups is 1. The minimum Gasteiger partial charge on any atom is -0.335 e. The van der Waals surface area contributed by atoms with Gasteiger partial charge < -0.3 is 9.80 Å². The number of likely N-dealkylation sites (tertiary alicyclic amines) is 1. The maximum Gasteiger partial charge on any atom is 0.222 e. The van der Waals surface area contributed by atoms with Crippen molar-refractivity contribution in [3.05, 3.63) is 71.8 Å². The molecule has 28 heavy (non-hydrogen) atoms. The van der Waals surface area contributed by atoms with E-state index in [0.717, 1.165) is 32.5 Å². The Kier molecular flexibility index (Phi) is 6.11. The van der Waals surface area contributed by atoms with Gasteiger partial charge in [-0.25, -0.2) is 0 Å². The molecule has 2 unspecified atom stereocenters. The van der Waals surface area contributed by atoms with E-state index in [2.05, 4.69) is 70.5 Å². The number of benzene rings is 2. The van der Waals surface area contributed by atoms with Crippen molar-refractivity contribution in [3.8, 4) is 0 Å². The van der Waals surface area contributed by atoms with Gasteiger partial charge in [0.05, 0.1) is 0 Å². The van der Waals surface area contributed by atoms with Gasteiger partial charge in [0.15, 0.2) is 0 Å². The number of hydrogen-bond donors (Lipinski definition) is 0. The molecule has 2 fully saturated rings. The highest BCUT2D eigenvalue weighted by molar-refractivity contribution is 5.77. The third-order valence-electron chi connectivity index (χ3n) is 6.60. The van der Waals surface area contributed by atoms with Crippen molar-refractivity contribution in [3.63, 3.8) is 0 Å². The van der Waals surface area contributed by atoms with Gasteiger partial charge in [-0.05, 0) is 43.4 Å². The molecule has 2 aromatic rings. The maximum absolute atomic E-state index is 12.4. The van der Waals surface area contributed by atoms with Crippen LogP contribution in [0, 0.1) is 0 Å². The Labute approximate surface area is 169 Å². The van der Waals surface area contributed by atoms with E-state index in [0.29, 0.717) is 30.3 Å². The van der Waals surface area contributed by atoms with Crippen LogP contribution >= 0.6 is 0 Å². The lowest BCUT2D eigenvalue weighted by atomic mass is 9.88. The van der Waals surface area contributed by atoms with Crippen molar-refractivity contribution in [2.24, 2.45) is 0 Å². The van der Waals surface area contributed by atoms with Crippen LogP contribution in [0.1, 0.15) is 56.1 Å². The molecule has 2 bridgehead atoms. The van der Waals surface area contributed by atoms with E-state index in [-0.39, 0.29) is 0 Å². The average molecular weight is 377 g/mol. The van der Waals surface area contributed by atoms with Gasteiger partial charge in [0.2, 0.25) is 5.91 Å². The fraction of sp³-hybridized carbons (Fsp3) is 0.480. The molecule has 0 aromatic heterocycles. The first-order chi connectivity index (χ1) is 13.8. The first-order valence-corrected chi connectivity index (χ1v) is 10.9. The standard InChI is InChI=1S/C25H32N2O/c1-2-25(28)27-22-13-14-23(27)19-26(17-15-22)18-16-24(20-9-5-3-6-10-20)21-11-7-4-8-12-21/h3-12,22-24H,2,13-19H2,1H3. The predicted octanol–water partition coefficient (Wildman–Crippen LogP) is 4.68. The molecular weight excluding hydrogens is 344 g/mol. The lowest BCUT2D eigenvalue weighted by molar-refractivity contribution is -0.133. The van der Waals surface area contributed by atoms with E-state index in [1.165, 1.54) is 24.0 Å². The highest BCUT2D eigenvalue weighted by atomic mass is 16.2. The molecular formula is C25H32N2O. The van der Waals surface area contributed by atoms with E-state index in [1.807, 2.05) is 6.92 Å². The van der Waals surface area contributed by atoms with Crippen LogP contribution in [-0.4, -0.2) is 47.4 Å². The van der Waals surface area contributed by atoms with Gasteiger partial charge >= 0.3 is 0 Å². The molecule has 148 valence electrons. The third-order valence-corrected chi connectivity index (χ3v) is 6.60. The van der Waals surface area contributed by atoms with Crippen LogP contribution in [0.25, 0.3) is 0 Å². The summed E-state index contributed by atoms with van der Waals surface area (Å²) in [6, 6.07) is 22.7. The quantitative estimate of drug-likeness (QED) is 0.730. The van der Waals surface area contributed by atoms with Crippen LogP contribution in [0.3, 0.4) is 0 Å². The van der Waals surface area contributed by atoms with Crippen molar-refractivity contribution < 1.29 is 4.79 Å². The lowest BCUT2D eigenvalue weighted by Gasteiger charge is -2.29. The fourth-order valence-corrected chi connectivity index (χ4v) is 5.15. The molecule has 3 heteroatoms. The van der Waals surface area contributed by atoms with Crippen LogP contribution in [0.15, 0.2) is 60.7 Å². The van der Waals surface area contributed by atoms with Gasteiger partial charge in [-0.1, -0.05) is 67.6 Å². The molecule has 0 N–H and O–H groups in total. The summed E-state index contributed by atoms with van der Waals surface area (Å²) in [6.07, 6.45) is 5.25. The molecule has 2 aliphatic rings. The highest BCUT2D eigenvalue weighted by Crippen LogP contribution is 2.32. The second-order valence-electron chi connectivity index (χ2n) is 8.29. The second-order valence-corrected chi connectivity index (χ2v) is 8.29. The van der Waals surface area contributed by atoms with Gasteiger partial charge in [-0.3, -0.25) is 4.79 Å². The molecule has 2 saturated heterocycles. The number of nitrogens with zero attached hydrogens (tertiary/aromatic N) is 2. The topological polar surface area (TPSA) is 23.6 Å². The fourth-order valence-electron chi connectivity index (χ4n) is 5.15. The van der Waals surface area contributed by atoms with Crippen molar-refractivity contribution in [1.29, 1.82) is 0 Å². The Morgan fingerprint density at radius 1 is 0.929 bits per heavy atom. The minimum atomic E-state index is 0.348. The molecule has 3 nitrogen and oxygen atoms in total.